The maximum atomic E-state index is 10.8. The summed E-state index contributed by atoms with van der Waals surface area (Å²) < 4.78 is 8.18. The molecule has 1 heterocycles. The predicted molar refractivity (Wildman–Crippen MR) is 117 cm³/mol. The van der Waals surface area contributed by atoms with Crippen molar-refractivity contribution in [3.05, 3.63) is 72.6 Å². The van der Waals surface area contributed by atoms with E-state index in [1.54, 1.807) is 0 Å². The summed E-state index contributed by atoms with van der Waals surface area (Å²) in [5.74, 6) is 2.42. The second kappa shape index (κ2) is 9.27. The largest absolute Gasteiger partial charge is 0.491 e. The van der Waals surface area contributed by atoms with Gasteiger partial charge in [-0.1, -0.05) is 55.7 Å². The van der Waals surface area contributed by atoms with Gasteiger partial charge in [0, 0.05) is 5.92 Å². The molecule has 4 nitrogen and oxygen atoms in total. The van der Waals surface area contributed by atoms with E-state index in [4.69, 9.17) is 9.72 Å². The number of nitrogens with zero attached hydrogens (tertiary/aromatic N) is 2. The number of fused-ring (bicyclic) bond motifs is 1. The molecular formula is C25H30N2O2. The minimum atomic E-state index is -0.605. The van der Waals surface area contributed by atoms with Crippen LogP contribution in [0.4, 0.5) is 0 Å². The molecule has 1 aromatic heterocycles. The summed E-state index contributed by atoms with van der Waals surface area (Å²) >= 11 is 0. The molecule has 2 aromatic carbocycles. The van der Waals surface area contributed by atoms with Crippen molar-refractivity contribution in [3.8, 4) is 5.75 Å². The summed E-state index contributed by atoms with van der Waals surface area (Å²) in [5.41, 5.74) is 3.20. The topological polar surface area (TPSA) is 47.3 Å². The Morgan fingerprint density at radius 3 is 2.69 bits per heavy atom. The molecule has 1 N–H and O–H groups in total. The second-order valence-corrected chi connectivity index (χ2v) is 7.97. The van der Waals surface area contributed by atoms with Gasteiger partial charge in [0.2, 0.25) is 0 Å². The minimum Gasteiger partial charge on any atom is -0.491 e. The number of aromatic nitrogens is 2. The van der Waals surface area contributed by atoms with E-state index in [0.29, 0.717) is 12.5 Å². The molecule has 1 fully saturated rings. The van der Waals surface area contributed by atoms with Gasteiger partial charge in [-0.05, 0) is 43.0 Å². The van der Waals surface area contributed by atoms with Crippen LogP contribution in [-0.4, -0.2) is 27.4 Å². The average Bonchev–Trinajstić information content (AvgIpc) is 3.12. The summed E-state index contributed by atoms with van der Waals surface area (Å²) in [5, 5.41) is 10.8. The third kappa shape index (κ3) is 4.54. The molecule has 0 amide bonds. The highest BCUT2D eigenvalue weighted by Crippen LogP contribution is 2.34. The van der Waals surface area contributed by atoms with Gasteiger partial charge in [-0.15, -0.1) is 6.58 Å². The number of para-hydroxylation sites is 3. The second-order valence-electron chi connectivity index (χ2n) is 7.97. The Labute approximate surface area is 172 Å². The van der Waals surface area contributed by atoms with Crippen LogP contribution in [0.1, 0.15) is 49.4 Å². The van der Waals surface area contributed by atoms with Crippen LogP contribution in [0.25, 0.3) is 11.0 Å². The lowest BCUT2D eigenvalue weighted by Gasteiger charge is -2.23. The van der Waals surface area contributed by atoms with Gasteiger partial charge in [-0.3, -0.25) is 0 Å². The first-order valence-electron chi connectivity index (χ1n) is 10.7. The number of aliphatic hydroxyl groups excluding tert-OH is 1. The number of rotatable bonds is 8. The van der Waals surface area contributed by atoms with Gasteiger partial charge in [-0.2, -0.15) is 0 Å². The average molecular weight is 391 g/mol. The van der Waals surface area contributed by atoms with Gasteiger partial charge in [-0.25, -0.2) is 4.98 Å². The van der Waals surface area contributed by atoms with Crippen LogP contribution in [0.3, 0.4) is 0 Å². The van der Waals surface area contributed by atoms with E-state index in [1.165, 1.54) is 32.1 Å². The van der Waals surface area contributed by atoms with Gasteiger partial charge in [0.25, 0.3) is 0 Å². The first-order chi connectivity index (χ1) is 14.3. The molecule has 0 bridgehead atoms. The number of imidazole rings is 1. The Bertz CT molecular complexity index is 956. The molecule has 1 atom stereocenters. The fraction of sp³-hybridized carbons (Fsp3) is 0.400. The zero-order valence-electron chi connectivity index (χ0n) is 17.0. The molecule has 152 valence electrons. The number of hydrogen-bond donors (Lipinski definition) is 1. The summed E-state index contributed by atoms with van der Waals surface area (Å²) in [4.78, 5) is 4.95. The maximum Gasteiger partial charge on any atom is 0.122 e. The summed E-state index contributed by atoms with van der Waals surface area (Å²) in [6.07, 6.45) is 8.23. The van der Waals surface area contributed by atoms with E-state index in [0.717, 1.165) is 34.6 Å². The van der Waals surface area contributed by atoms with Crippen LogP contribution in [0.5, 0.6) is 5.75 Å². The zero-order chi connectivity index (χ0) is 20.1. The quantitative estimate of drug-likeness (QED) is 0.534. The summed E-state index contributed by atoms with van der Waals surface area (Å²) in [6, 6.07) is 16.2. The predicted octanol–water partition coefficient (Wildman–Crippen LogP) is 5.25. The maximum absolute atomic E-state index is 10.8. The van der Waals surface area contributed by atoms with Gasteiger partial charge in [0.05, 0.1) is 17.6 Å². The summed E-state index contributed by atoms with van der Waals surface area (Å²) in [6.45, 7) is 4.56. The van der Waals surface area contributed by atoms with Crippen LogP contribution in [-0.2, 0) is 13.0 Å². The molecule has 4 rings (SSSR count). The Morgan fingerprint density at radius 2 is 1.86 bits per heavy atom. The van der Waals surface area contributed by atoms with Crippen molar-refractivity contribution in [3.63, 3.8) is 0 Å². The van der Waals surface area contributed by atoms with E-state index in [-0.39, 0.29) is 6.61 Å². The molecule has 1 aliphatic rings. The normalized spacial score (nSPS) is 16.0. The Kier molecular flexibility index (Phi) is 6.30. The molecule has 0 radical (unpaired) electrons. The van der Waals surface area contributed by atoms with Crippen molar-refractivity contribution in [2.75, 3.05) is 6.61 Å². The lowest BCUT2D eigenvalue weighted by atomic mass is 9.88. The van der Waals surface area contributed by atoms with Crippen molar-refractivity contribution >= 4 is 11.0 Å². The lowest BCUT2D eigenvalue weighted by molar-refractivity contribution is 0.0918. The number of hydrogen-bond acceptors (Lipinski definition) is 3. The smallest absolute Gasteiger partial charge is 0.122 e. The van der Waals surface area contributed by atoms with Crippen LogP contribution >= 0.6 is 0 Å². The highest BCUT2D eigenvalue weighted by molar-refractivity contribution is 5.76. The van der Waals surface area contributed by atoms with Crippen molar-refractivity contribution in [1.82, 2.24) is 9.55 Å². The zero-order valence-corrected chi connectivity index (χ0v) is 17.0. The fourth-order valence-electron chi connectivity index (χ4n) is 4.38. The Morgan fingerprint density at radius 1 is 1.10 bits per heavy atom. The van der Waals surface area contributed by atoms with Gasteiger partial charge >= 0.3 is 0 Å². The van der Waals surface area contributed by atoms with Crippen LogP contribution in [0.2, 0.25) is 0 Å². The van der Waals surface area contributed by atoms with Gasteiger partial charge < -0.3 is 14.4 Å². The van der Waals surface area contributed by atoms with E-state index in [9.17, 15) is 5.11 Å². The molecule has 1 aliphatic carbocycles. The first kappa shape index (κ1) is 19.7. The molecule has 0 saturated heterocycles. The molecule has 0 spiro atoms. The monoisotopic (exact) mass is 390 g/mol. The lowest BCUT2D eigenvalue weighted by Crippen LogP contribution is -2.25. The van der Waals surface area contributed by atoms with Gasteiger partial charge in [0.1, 0.15) is 24.3 Å². The number of benzene rings is 2. The Balaban J connectivity index is 1.51. The van der Waals surface area contributed by atoms with E-state index < -0.39 is 6.10 Å². The Hall–Kier alpha value is -2.59. The fourth-order valence-corrected chi connectivity index (χ4v) is 4.38. The number of ether oxygens (including phenoxy) is 1. The molecule has 1 unspecified atom stereocenters. The molecule has 4 heteroatoms. The summed E-state index contributed by atoms with van der Waals surface area (Å²) in [7, 11) is 0. The molecule has 0 aliphatic heterocycles. The SMILES string of the molecule is C=CCc1ccccc1OCC(O)Cn1c(C2CCCCC2)nc2ccccc21. The third-order valence-corrected chi connectivity index (χ3v) is 5.82. The van der Waals surface area contributed by atoms with Crippen molar-refractivity contribution < 1.29 is 9.84 Å². The third-order valence-electron chi connectivity index (χ3n) is 5.82. The van der Waals surface area contributed by atoms with Gasteiger partial charge in [0.15, 0.2) is 0 Å². The molecular weight excluding hydrogens is 360 g/mol. The van der Waals surface area contributed by atoms with E-state index in [1.807, 2.05) is 42.5 Å². The number of allylic oxidation sites excluding steroid dienone is 1. The van der Waals surface area contributed by atoms with Crippen LogP contribution in [0, 0.1) is 0 Å². The van der Waals surface area contributed by atoms with E-state index in [2.05, 4.69) is 23.3 Å². The highest BCUT2D eigenvalue weighted by atomic mass is 16.5. The molecule has 29 heavy (non-hydrogen) atoms. The number of aliphatic hydroxyl groups is 1. The molecule has 3 aromatic rings. The minimum absolute atomic E-state index is 0.255. The van der Waals surface area contributed by atoms with Crippen molar-refractivity contribution in [2.45, 2.75) is 57.1 Å². The van der Waals surface area contributed by atoms with Crippen molar-refractivity contribution in [2.24, 2.45) is 0 Å². The van der Waals surface area contributed by atoms with Crippen molar-refractivity contribution in [1.29, 1.82) is 0 Å². The first-order valence-corrected chi connectivity index (χ1v) is 10.7. The van der Waals surface area contributed by atoms with E-state index >= 15 is 0 Å². The standard InChI is InChI=1S/C25H30N2O2/c1-2-10-19-11-6-9-16-24(19)29-18-21(28)17-27-23-15-8-7-14-22(23)26-25(27)20-12-4-3-5-13-20/h2,6-9,11,14-16,20-21,28H,1,3-5,10,12-13,17-18H2. The van der Waals surface area contributed by atoms with Crippen LogP contribution < -0.4 is 4.74 Å². The highest BCUT2D eigenvalue weighted by Gasteiger charge is 2.23. The molecule has 1 saturated carbocycles. The van der Waals surface area contributed by atoms with Crippen LogP contribution in [0.15, 0.2) is 61.2 Å².